The average Bonchev–Trinajstić information content (AvgIpc) is 1.80. The number of rotatable bonds is 0. The number of hydrogen-bond donors (Lipinski definition) is 0. The molecular weight excluding hydrogens is 130 g/mol. The van der Waals surface area contributed by atoms with Crippen molar-refractivity contribution in [2.75, 3.05) is 13.6 Å². The van der Waals surface area contributed by atoms with Crippen molar-refractivity contribution in [2.24, 2.45) is 0 Å². The monoisotopic (exact) mass is 141 g/mol. The van der Waals surface area contributed by atoms with Gasteiger partial charge < -0.3 is 4.90 Å². The van der Waals surface area contributed by atoms with Gasteiger partial charge in [-0.25, -0.2) is 0 Å². The SMILES string of the molecule is CC1=CC(=S)N(C)CC1. The fourth-order valence-corrected chi connectivity index (χ4v) is 1.14. The van der Waals surface area contributed by atoms with Crippen LogP contribution >= 0.6 is 12.2 Å². The second-order valence-electron chi connectivity index (χ2n) is 2.50. The largest absolute Gasteiger partial charge is 0.366 e. The molecule has 0 saturated heterocycles. The van der Waals surface area contributed by atoms with E-state index in [1.54, 1.807) is 0 Å². The van der Waals surface area contributed by atoms with E-state index >= 15 is 0 Å². The molecule has 0 aromatic carbocycles. The van der Waals surface area contributed by atoms with Gasteiger partial charge in [0.05, 0.1) is 0 Å². The maximum atomic E-state index is 5.05. The van der Waals surface area contributed by atoms with Crippen LogP contribution in [0.2, 0.25) is 0 Å². The molecule has 1 aliphatic heterocycles. The summed E-state index contributed by atoms with van der Waals surface area (Å²) in [4.78, 5) is 3.07. The van der Waals surface area contributed by atoms with Crippen LogP contribution in [0, 0.1) is 0 Å². The summed E-state index contributed by atoms with van der Waals surface area (Å²) in [5, 5.41) is 0. The Labute approximate surface area is 61.4 Å². The fraction of sp³-hybridized carbons (Fsp3) is 0.571. The maximum absolute atomic E-state index is 5.05. The highest BCUT2D eigenvalue weighted by atomic mass is 32.1. The summed E-state index contributed by atoms with van der Waals surface area (Å²) in [6, 6.07) is 0. The zero-order valence-electron chi connectivity index (χ0n) is 5.85. The Morgan fingerprint density at radius 3 is 2.78 bits per heavy atom. The summed E-state index contributed by atoms with van der Waals surface area (Å²) in [5.41, 5.74) is 1.40. The van der Waals surface area contributed by atoms with Crippen LogP contribution in [0.15, 0.2) is 11.6 Å². The van der Waals surface area contributed by atoms with E-state index in [-0.39, 0.29) is 0 Å². The van der Waals surface area contributed by atoms with Gasteiger partial charge in [0.25, 0.3) is 0 Å². The molecule has 1 nitrogen and oxygen atoms in total. The Hall–Kier alpha value is -0.370. The van der Waals surface area contributed by atoms with Gasteiger partial charge in [0.2, 0.25) is 0 Å². The van der Waals surface area contributed by atoms with Gasteiger partial charge in [-0.05, 0) is 19.4 Å². The van der Waals surface area contributed by atoms with Gasteiger partial charge in [0, 0.05) is 13.6 Å². The minimum atomic E-state index is 0.971. The summed E-state index contributed by atoms with van der Waals surface area (Å²) >= 11 is 5.05. The van der Waals surface area contributed by atoms with Crippen LogP contribution in [-0.2, 0) is 0 Å². The first-order chi connectivity index (χ1) is 4.20. The third-order valence-corrected chi connectivity index (χ3v) is 2.02. The van der Waals surface area contributed by atoms with E-state index in [9.17, 15) is 0 Å². The van der Waals surface area contributed by atoms with Crippen molar-refractivity contribution < 1.29 is 0 Å². The second-order valence-corrected chi connectivity index (χ2v) is 2.92. The van der Waals surface area contributed by atoms with Gasteiger partial charge >= 0.3 is 0 Å². The first kappa shape index (κ1) is 6.75. The number of thiocarbonyl (C=S) groups is 1. The first-order valence-electron chi connectivity index (χ1n) is 3.12. The van der Waals surface area contributed by atoms with Gasteiger partial charge in [-0.3, -0.25) is 0 Å². The molecule has 0 spiro atoms. The van der Waals surface area contributed by atoms with Crippen LogP contribution in [0.3, 0.4) is 0 Å². The molecule has 0 aromatic rings. The molecule has 2 heteroatoms. The van der Waals surface area contributed by atoms with Gasteiger partial charge in [0.15, 0.2) is 0 Å². The smallest absolute Gasteiger partial charge is 0.101 e. The number of nitrogens with zero attached hydrogens (tertiary/aromatic N) is 1. The predicted molar refractivity (Wildman–Crippen MR) is 43.6 cm³/mol. The van der Waals surface area contributed by atoms with E-state index in [4.69, 9.17) is 12.2 Å². The van der Waals surface area contributed by atoms with E-state index in [1.165, 1.54) is 5.57 Å². The van der Waals surface area contributed by atoms with Crippen molar-refractivity contribution in [1.82, 2.24) is 4.90 Å². The van der Waals surface area contributed by atoms with Crippen molar-refractivity contribution in [1.29, 1.82) is 0 Å². The number of hydrogen-bond acceptors (Lipinski definition) is 1. The molecule has 1 rings (SSSR count). The minimum Gasteiger partial charge on any atom is -0.366 e. The molecule has 0 radical (unpaired) electrons. The Balaban J connectivity index is 2.70. The van der Waals surface area contributed by atoms with Crippen molar-refractivity contribution in [3.63, 3.8) is 0 Å². The molecule has 1 aliphatic rings. The molecule has 0 N–H and O–H groups in total. The zero-order valence-corrected chi connectivity index (χ0v) is 6.66. The lowest BCUT2D eigenvalue weighted by Crippen LogP contribution is -2.28. The summed E-state index contributed by atoms with van der Waals surface area (Å²) in [6.07, 6.45) is 3.23. The Kier molecular flexibility index (Phi) is 1.86. The molecule has 0 unspecified atom stereocenters. The lowest BCUT2D eigenvalue weighted by Gasteiger charge is -2.22. The molecule has 0 fully saturated rings. The predicted octanol–water partition coefficient (Wildman–Crippen LogP) is 1.60. The van der Waals surface area contributed by atoms with Crippen LogP contribution in [-0.4, -0.2) is 23.5 Å². The van der Waals surface area contributed by atoms with Crippen LogP contribution in [0.5, 0.6) is 0 Å². The van der Waals surface area contributed by atoms with E-state index in [0.717, 1.165) is 18.0 Å². The topological polar surface area (TPSA) is 3.24 Å². The van der Waals surface area contributed by atoms with Crippen LogP contribution < -0.4 is 0 Å². The average molecular weight is 141 g/mol. The lowest BCUT2D eigenvalue weighted by atomic mass is 10.1. The normalized spacial score (nSPS) is 20.0. The molecule has 9 heavy (non-hydrogen) atoms. The van der Waals surface area contributed by atoms with Crippen LogP contribution in [0.25, 0.3) is 0 Å². The third kappa shape index (κ3) is 1.52. The zero-order chi connectivity index (χ0) is 6.85. The van der Waals surface area contributed by atoms with Gasteiger partial charge in [-0.2, -0.15) is 0 Å². The molecule has 0 amide bonds. The molecular formula is C7H11NS. The Morgan fingerprint density at radius 2 is 2.33 bits per heavy atom. The van der Waals surface area contributed by atoms with Crippen molar-refractivity contribution >= 4 is 17.2 Å². The van der Waals surface area contributed by atoms with Crippen molar-refractivity contribution in [3.05, 3.63) is 11.6 Å². The molecule has 0 aliphatic carbocycles. The molecule has 0 saturated carbocycles. The summed E-state index contributed by atoms with van der Waals surface area (Å²) < 4.78 is 0. The Bertz CT molecular complexity index is 160. The van der Waals surface area contributed by atoms with Crippen LogP contribution in [0.4, 0.5) is 0 Å². The summed E-state index contributed by atoms with van der Waals surface area (Å²) in [6.45, 7) is 3.21. The molecule has 0 aromatic heterocycles. The van der Waals surface area contributed by atoms with Gasteiger partial charge in [0.1, 0.15) is 4.99 Å². The van der Waals surface area contributed by atoms with E-state index < -0.39 is 0 Å². The quantitative estimate of drug-likeness (QED) is 0.471. The van der Waals surface area contributed by atoms with E-state index in [1.807, 2.05) is 7.05 Å². The van der Waals surface area contributed by atoms with E-state index in [0.29, 0.717) is 0 Å². The molecule has 50 valence electrons. The molecule has 1 heterocycles. The standard InChI is InChI=1S/C7H11NS/c1-6-3-4-8(2)7(9)5-6/h5H,3-4H2,1-2H3. The maximum Gasteiger partial charge on any atom is 0.101 e. The molecule has 0 atom stereocenters. The minimum absolute atomic E-state index is 0.971. The van der Waals surface area contributed by atoms with E-state index in [2.05, 4.69) is 17.9 Å². The van der Waals surface area contributed by atoms with Crippen LogP contribution in [0.1, 0.15) is 13.3 Å². The summed E-state index contributed by atoms with van der Waals surface area (Å²) in [5.74, 6) is 0. The highest BCUT2D eigenvalue weighted by molar-refractivity contribution is 7.80. The Morgan fingerprint density at radius 1 is 1.67 bits per heavy atom. The number of likely N-dealkylation sites (N-methyl/N-ethyl adjacent to an activating group) is 1. The summed E-state index contributed by atoms with van der Waals surface area (Å²) in [7, 11) is 2.03. The fourth-order valence-electron chi connectivity index (χ4n) is 0.847. The lowest BCUT2D eigenvalue weighted by molar-refractivity contribution is 0.507. The van der Waals surface area contributed by atoms with Crippen molar-refractivity contribution in [3.8, 4) is 0 Å². The first-order valence-corrected chi connectivity index (χ1v) is 3.53. The highest BCUT2D eigenvalue weighted by Crippen LogP contribution is 2.09. The van der Waals surface area contributed by atoms with Crippen molar-refractivity contribution in [2.45, 2.75) is 13.3 Å². The second kappa shape index (κ2) is 2.48. The van der Waals surface area contributed by atoms with Gasteiger partial charge in [-0.15, -0.1) is 0 Å². The molecule has 0 bridgehead atoms. The van der Waals surface area contributed by atoms with Gasteiger partial charge in [-0.1, -0.05) is 17.8 Å². The third-order valence-electron chi connectivity index (χ3n) is 1.59. The highest BCUT2D eigenvalue weighted by Gasteiger charge is 2.06.